The van der Waals surface area contributed by atoms with Gasteiger partial charge in [0.05, 0.1) is 26.4 Å². The van der Waals surface area contributed by atoms with E-state index in [0.717, 1.165) is 29.9 Å². The summed E-state index contributed by atoms with van der Waals surface area (Å²) in [4.78, 5) is 15.0. The largest absolute Gasteiger partial charge is 0.497 e. The van der Waals surface area contributed by atoms with Crippen LogP contribution >= 0.6 is 0 Å². The number of methoxy groups -OCH3 is 1. The van der Waals surface area contributed by atoms with Crippen LogP contribution in [0.5, 0.6) is 5.75 Å². The maximum Gasteiger partial charge on any atom is 0.251 e. The smallest absolute Gasteiger partial charge is 0.251 e. The molecule has 2 N–H and O–H groups in total. The third kappa shape index (κ3) is 3.97. The standard InChI is InChI=1S/C20H23N5O3/c1-27-16-5-2-14(3-6-16)19(25-8-10-28-11-9-25)13-21-20(26)15-4-7-17-18(12-15)23-24-22-17/h2-7,12,19H,8-11,13H2,1H3,(H,21,26)(H,22,23,24). The van der Waals surface area contributed by atoms with Crippen molar-refractivity contribution in [2.75, 3.05) is 40.0 Å². The number of hydrogen-bond donors (Lipinski definition) is 2. The maximum atomic E-state index is 12.7. The summed E-state index contributed by atoms with van der Waals surface area (Å²) in [7, 11) is 1.65. The van der Waals surface area contributed by atoms with Gasteiger partial charge in [-0.25, -0.2) is 0 Å². The second-order valence-electron chi connectivity index (χ2n) is 6.67. The Balaban J connectivity index is 1.50. The summed E-state index contributed by atoms with van der Waals surface area (Å²) in [5.74, 6) is 0.686. The Kier molecular flexibility index (Phi) is 5.50. The molecule has 2 aromatic carbocycles. The third-order valence-corrected chi connectivity index (χ3v) is 5.02. The van der Waals surface area contributed by atoms with Crippen LogP contribution in [0.2, 0.25) is 0 Å². The van der Waals surface area contributed by atoms with Crippen LogP contribution in [0.3, 0.4) is 0 Å². The lowest BCUT2D eigenvalue weighted by Gasteiger charge is -2.35. The number of amides is 1. The molecule has 0 bridgehead atoms. The SMILES string of the molecule is COc1ccc(C(CNC(=O)c2ccc3n[nH]nc3c2)N2CCOCC2)cc1. The van der Waals surface area contributed by atoms with Crippen molar-refractivity contribution in [3.63, 3.8) is 0 Å². The molecule has 8 heteroatoms. The zero-order chi connectivity index (χ0) is 19.3. The molecule has 1 saturated heterocycles. The molecule has 2 heterocycles. The van der Waals surface area contributed by atoms with Crippen molar-refractivity contribution in [1.29, 1.82) is 0 Å². The van der Waals surface area contributed by atoms with E-state index in [1.165, 1.54) is 0 Å². The molecule has 0 saturated carbocycles. The first-order chi connectivity index (χ1) is 13.7. The molecular weight excluding hydrogens is 358 g/mol. The first-order valence-corrected chi connectivity index (χ1v) is 9.29. The molecular formula is C20H23N5O3. The van der Waals surface area contributed by atoms with Crippen LogP contribution in [0.25, 0.3) is 11.0 Å². The summed E-state index contributed by atoms with van der Waals surface area (Å²) in [6, 6.07) is 13.3. The molecule has 0 spiro atoms. The number of carbonyl (C=O) groups is 1. The Morgan fingerprint density at radius 1 is 1.18 bits per heavy atom. The van der Waals surface area contributed by atoms with Gasteiger partial charge in [-0.2, -0.15) is 15.4 Å². The van der Waals surface area contributed by atoms with E-state index in [1.807, 2.05) is 24.3 Å². The zero-order valence-corrected chi connectivity index (χ0v) is 15.7. The lowest BCUT2D eigenvalue weighted by molar-refractivity contribution is 0.0162. The fourth-order valence-electron chi connectivity index (χ4n) is 3.45. The van der Waals surface area contributed by atoms with E-state index in [-0.39, 0.29) is 11.9 Å². The number of rotatable bonds is 6. The van der Waals surface area contributed by atoms with Crippen LogP contribution in [0.1, 0.15) is 22.0 Å². The molecule has 1 aliphatic rings. The lowest BCUT2D eigenvalue weighted by Crippen LogP contribution is -2.43. The monoisotopic (exact) mass is 381 g/mol. The number of fused-ring (bicyclic) bond motifs is 1. The molecule has 1 aromatic heterocycles. The Morgan fingerprint density at radius 3 is 2.68 bits per heavy atom. The van der Waals surface area contributed by atoms with Crippen molar-refractivity contribution >= 4 is 16.9 Å². The predicted octanol–water partition coefficient (Wildman–Crippen LogP) is 1.77. The van der Waals surface area contributed by atoms with Crippen molar-refractivity contribution < 1.29 is 14.3 Å². The number of ether oxygens (including phenoxy) is 2. The van der Waals surface area contributed by atoms with E-state index in [1.54, 1.807) is 25.3 Å². The first-order valence-electron chi connectivity index (χ1n) is 9.29. The highest BCUT2D eigenvalue weighted by Crippen LogP contribution is 2.24. The molecule has 28 heavy (non-hydrogen) atoms. The molecule has 1 amide bonds. The van der Waals surface area contributed by atoms with Crippen LogP contribution in [-0.4, -0.2) is 66.2 Å². The van der Waals surface area contributed by atoms with Gasteiger partial charge in [0.1, 0.15) is 16.8 Å². The average molecular weight is 381 g/mol. The van der Waals surface area contributed by atoms with Crippen LogP contribution in [0.4, 0.5) is 0 Å². The number of morpholine rings is 1. The molecule has 1 aliphatic heterocycles. The second kappa shape index (κ2) is 8.37. The molecule has 8 nitrogen and oxygen atoms in total. The number of aromatic nitrogens is 3. The summed E-state index contributed by atoms with van der Waals surface area (Å²) in [6.07, 6.45) is 0. The van der Waals surface area contributed by atoms with Crippen LogP contribution in [0.15, 0.2) is 42.5 Å². The van der Waals surface area contributed by atoms with Crippen molar-refractivity contribution in [2.45, 2.75) is 6.04 Å². The summed E-state index contributed by atoms with van der Waals surface area (Å²) in [6.45, 7) is 3.56. The number of aromatic amines is 1. The van der Waals surface area contributed by atoms with Crippen molar-refractivity contribution in [3.8, 4) is 5.75 Å². The summed E-state index contributed by atoms with van der Waals surface area (Å²) in [5, 5.41) is 13.7. The zero-order valence-electron chi connectivity index (χ0n) is 15.7. The summed E-state index contributed by atoms with van der Waals surface area (Å²) >= 11 is 0. The van der Waals surface area contributed by atoms with Gasteiger partial charge in [-0.15, -0.1) is 0 Å². The highest BCUT2D eigenvalue weighted by Gasteiger charge is 2.23. The third-order valence-electron chi connectivity index (χ3n) is 5.02. The van der Waals surface area contributed by atoms with Gasteiger partial charge in [0, 0.05) is 25.2 Å². The van der Waals surface area contributed by atoms with E-state index < -0.39 is 0 Å². The minimum absolute atomic E-state index is 0.0644. The van der Waals surface area contributed by atoms with Crippen molar-refractivity contribution in [1.82, 2.24) is 25.6 Å². The maximum absolute atomic E-state index is 12.7. The highest BCUT2D eigenvalue weighted by atomic mass is 16.5. The van der Waals surface area contributed by atoms with Gasteiger partial charge >= 0.3 is 0 Å². The molecule has 0 aliphatic carbocycles. The van der Waals surface area contributed by atoms with Gasteiger partial charge in [-0.05, 0) is 35.9 Å². The Morgan fingerprint density at radius 2 is 1.93 bits per heavy atom. The molecule has 1 atom stereocenters. The van der Waals surface area contributed by atoms with E-state index in [4.69, 9.17) is 9.47 Å². The molecule has 4 rings (SSSR count). The highest BCUT2D eigenvalue weighted by molar-refractivity contribution is 5.97. The molecule has 1 fully saturated rings. The quantitative estimate of drug-likeness (QED) is 0.676. The molecule has 146 valence electrons. The van der Waals surface area contributed by atoms with Gasteiger partial charge in [0.15, 0.2) is 0 Å². The summed E-state index contributed by atoms with van der Waals surface area (Å²) < 4.78 is 10.7. The predicted molar refractivity (Wildman–Crippen MR) is 104 cm³/mol. The molecule has 0 radical (unpaired) electrons. The number of H-pyrrole nitrogens is 1. The fraction of sp³-hybridized carbons (Fsp3) is 0.350. The summed E-state index contributed by atoms with van der Waals surface area (Å²) in [5.41, 5.74) is 3.11. The Bertz CT molecular complexity index is 934. The number of benzene rings is 2. The number of carbonyl (C=O) groups excluding carboxylic acids is 1. The van der Waals surface area contributed by atoms with E-state index in [2.05, 4.69) is 25.6 Å². The van der Waals surface area contributed by atoms with Gasteiger partial charge in [-0.1, -0.05) is 12.1 Å². The van der Waals surface area contributed by atoms with Crippen molar-refractivity contribution in [2.24, 2.45) is 0 Å². The number of nitrogens with one attached hydrogen (secondary N) is 2. The molecule has 3 aromatic rings. The van der Waals surface area contributed by atoms with E-state index >= 15 is 0 Å². The van der Waals surface area contributed by atoms with Crippen molar-refractivity contribution in [3.05, 3.63) is 53.6 Å². The van der Waals surface area contributed by atoms with Gasteiger partial charge in [0.25, 0.3) is 5.91 Å². The number of nitrogens with zero attached hydrogens (tertiary/aromatic N) is 3. The fourth-order valence-corrected chi connectivity index (χ4v) is 3.45. The van der Waals surface area contributed by atoms with Crippen LogP contribution < -0.4 is 10.1 Å². The van der Waals surface area contributed by atoms with Crippen LogP contribution in [0, 0.1) is 0 Å². The second-order valence-corrected chi connectivity index (χ2v) is 6.67. The van der Waals surface area contributed by atoms with Gasteiger partial charge < -0.3 is 14.8 Å². The van der Waals surface area contributed by atoms with Gasteiger partial charge in [-0.3, -0.25) is 9.69 Å². The normalized spacial score (nSPS) is 16.0. The minimum Gasteiger partial charge on any atom is -0.497 e. The van der Waals surface area contributed by atoms with Crippen LogP contribution in [-0.2, 0) is 4.74 Å². The topological polar surface area (TPSA) is 92.4 Å². The minimum atomic E-state index is -0.128. The lowest BCUT2D eigenvalue weighted by atomic mass is 10.0. The van der Waals surface area contributed by atoms with Gasteiger partial charge in [0.2, 0.25) is 0 Å². The number of hydrogen-bond acceptors (Lipinski definition) is 6. The molecule has 1 unspecified atom stereocenters. The van der Waals surface area contributed by atoms with E-state index in [9.17, 15) is 4.79 Å². The Labute approximate surface area is 162 Å². The Hall–Kier alpha value is -2.97. The van der Waals surface area contributed by atoms with E-state index in [0.29, 0.717) is 30.8 Å². The first kappa shape index (κ1) is 18.4. The average Bonchev–Trinajstić information content (AvgIpc) is 3.23.